The lowest BCUT2D eigenvalue weighted by atomic mass is 10.4. The van der Waals surface area contributed by atoms with E-state index in [9.17, 15) is 4.79 Å². The first-order valence-electron chi connectivity index (χ1n) is 2.96. The van der Waals surface area contributed by atoms with Gasteiger partial charge in [-0.1, -0.05) is 5.04 Å². The van der Waals surface area contributed by atoms with Gasteiger partial charge in [0.1, 0.15) is 6.61 Å². The molecule has 1 heterocycles. The summed E-state index contributed by atoms with van der Waals surface area (Å²) in [5.74, 6) is -0.458. The molecular weight excluding hydrogens is 140 g/mol. The summed E-state index contributed by atoms with van der Waals surface area (Å²) in [6.07, 6.45) is -0.722. The van der Waals surface area contributed by atoms with Crippen LogP contribution in [0.5, 0.6) is 0 Å². The summed E-state index contributed by atoms with van der Waals surface area (Å²) in [7, 11) is 0. The maximum Gasteiger partial charge on any atom is 0.341 e. The molecule has 1 aliphatic heterocycles. The topological polar surface area (TPSA) is 54.0 Å². The van der Waals surface area contributed by atoms with Crippen LogP contribution in [0.15, 0.2) is 0 Å². The van der Waals surface area contributed by atoms with E-state index < -0.39 is 12.1 Å². The molecule has 0 amide bonds. The van der Waals surface area contributed by atoms with E-state index in [-0.39, 0.29) is 6.61 Å². The molecule has 1 unspecified atom stereocenters. The Labute approximate surface area is 57.7 Å². The molecule has 0 N–H and O–H groups in total. The molecular formula is C5H8O5. The first-order valence-corrected chi connectivity index (χ1v) is 2.96. The van der Waals surface area contributed by atoms with Crippen LogP contribution < -0.4 is 0 Å². The van der Waals surface area contributed by atoms with Crippen LogP contribution in [0.25, 0.3) is 0 Å². The van der Waals surface area contributed by atoms with Crippen molar-refractivity contribution in [3.05, 3.63) is 0 Å². The number of hydrogen-bond acceptors (Lipinski definition) is 5. The predicted octanol–water partition coefficient (Wildman–Crippen LogP) is -0.189. The molecule has 1 aliphatic rings. The number of rotatable bonds is 2. The molecule has 0 radical (unpaired) electrons. The molecule has 0 aromatic rings. The van der Waals surface area contributed by atoms with Gasteiger partial charge in [-0.05, 0) is 6.92 Å². The zero-order valence-corrected chi connectivity index (χ0v) is 5.53. The normalized spacial score (nSPS) is 24.7. The van der Waals surface area contributed by atoms with Crippen LogP contribution >= 0.6 is 0 Å². The van der Waals surface area contributed by atoms with Crippen molar-refractivity contribution in [3.63, 3.8) is 0 Å². The third kappa shape index (κ3) is 1.66. The van der Waals surface area contributed by atoms with Crippen LogP contribution in [0.4, 0.5) is 0 Å². The van der Waals surface area contributed by atoms with E-state index in [4.69, 9.17) is 0 Å². The van der Waals surface area contributed by atoms with Crippen molar-refractivity contribution in [2.24, 2.45) is 0 Å². The van der Waals surface area contributed by atoms with Gasteiger partial charge in [0.05, 0.1) is 6.61 Å². The van der Waals surface area contributed by atoms with Crippen LogP contribution in [-0.2, 0) is 24.3 Å². The lowest BCUT2D eigenvalue weighted by Gasteiger charge is -2.02. The number of hydrogen-bond donors (Lipinski definition) is 0. The first kappa shape index (κ1) is 7.46. The number of carbonyl (C=O) groups is 1. The Morgan fingerprint density at radius 1 is 1.80 bits per heavy atom. The minimum atomic E-state index is -0.722. The van der Waals surface area contributed by atoms with Crippen molar-refractivity contribution in [2.45, 2.75) is 13.0 Å². The monoisotopic (exact) mass is 148 g/mol. The molecule has 0 aromatic carbocycles. The molecule has 1 saturated heterocycles. The third-order valence-electron chi connectivity index (χ3n) is 0.972. The summed E-state index contributed by atoms with van der Waals surface area (Å²) in [4.78, 5) is 19.4. The molecule has 0 saturated carbocycles. The molecule has 5 heteroatoms. The maximum absolute atomic E-state index is 10.7. The van der Waals surface area contributed by atoms with E-state index in [1.165, 1.54) is 0 Å². The average Bonchev–Trinajstić information content (AvgIpc) is 2.38. The fourth-order valence-corrected chi connectivity index (χ4v) is 0.535. The Morgan fingerprint density at radius 3 is 3.10 bits per heavy atom. The Balaban J connectivity index is 2.25. The Kier molecular flexibility index (Phi) is 2.61. The van der Waals surface area contributed by atoms with Gasteiger partial charge in [0, 0.05) is 0 Å². The Bertz CT molecular complexity index is 117. The Hall–Kier alpha value is -0.650. The zero-order valence-electron chi connectivity index (χ0n) is 5.53. The zero-order chi connectivity index (χ0) is 7.40. The minimum absolute atomic E-state index is 0.0961. The highest BCUT2D eigenvalue weighted by Gasteiger charge is 2.28. The second-order valence-electron chi connectivity index (χ2n) is 1.69. The average molecular weight is 148 g/mol. The van der Waals surface area contributed by atoms with Crippen LogP contribution in [0.2, 0.25) is 0 Å². The third-order valence-corrected chi connectivity index (χ3v) is 0.972. The highest BCUT2D eigenvalue weighted by atomic mass is 17.5. The molecule has 0 bridgehead atoms. The van der Waals surface area contributed by atoms with Gasteiger partial charge in [0.2, 0.25) is 6.10 Å². The van der Waals surface area contributed by atoms with Crippen LogP contribution in [0.3, 0.4) is 0 Å². The smallest absolute Gasteiger partial charge is 0.341 e. The molecule has 0 spiro atoms. The standard InChI is InChI=1S/C5H8O5/c1-2-7-5(6)4-3-8-10-9-4/h4H,2-3H2,1H3. The summed E-state index contributed by atoms with van der Waals surface area (Å²) < 4.78 is 4.60. The second-order valence-corrected chi connectivity index (χ2v) is 1.69. The van der Waals surface area contributed by atoms with Gasteiger partial charge in [-0.15, -0.1) is 0 Å². The lowest BCUT2D eigenvalue weighted by Crippen LogP contribution is -2.24. The summed E-state index contributed by atoms with van der Waals surface area (Å²) in [5.41, 5.74) is 0. The molecule has 1 rings (SSSR count). The fraction of sp³-hybridized carbons (Fsp3) is 0.800. The highest BCUT2D eigenvalue weighted by Crippen LogP contribution is 2.05. The molecule has 0 aromatic heterocycles. The molecule has 1 atom stereocenters. The van der Waals surface area contributed by atoms with Crippen LogP contribution in [-0.4, -0.2) is 25.3 Å². The van der Waals surface area contributed by atoms with Crippen molar-refractivity contribution in [1.82, 2.24) is 0 Å². The minimum Gasteiger partial charge on any atom is -0.464 e. The van der Waals surface area contributed by atoms with Crippen molar-refractivity contribution < 1.29 is 24.3 Å². The fourth-order valence-electron chi connectivity index (χ4n) is 0.535. The molecule has 5 nitrogen and oxygen atoms in total. The highest BCUT2D eigenvalue weighted by molar-refractivity contribution is 5.74. The van der Waals surface area contributed by atoms with Crippen LogP contribution in [0.1, 0.15) is 6.92 Å². The molecule has 0 aliphatic carbocycles. The maximum atomic E-state index is 10.7. The summed E-state index contributed by atoms with van der Waals surface area (Å²) in [5, 5.41) is 4.02. The van der Waals surface area contributed by atoms with Gasteiger partial charge in [-0.25, -0.2) is 9.68 Å². The van der Waals surface area contributed by atoms with Gasteiger partial charge >= 0.3 is 5.97 Å². The Morgan fingerprint density at radius 2 is 2.60 bits per heavy atom. The number of ether oxygens (including phenoxy) is 1. The van der Waals surface area contributed by atoms with E-state index in [0.717, 1.165) is 0 Å². The van der Waals surface area contributed by atoms with E-state index in [1.54, 1.807) is 6.92 Å². The molecule has 1 fully saturated rings. The van der Waals surface area contributed by atoms with Gasteiger partial charge < -0.3 is 4.74 Å². The second kappa shape index (κ2) is 3.50. The summed E-state index contributed by atoms with van der Waals surface area (Å²) >= 11 is 0. The predicted molar refractivity (Wildman–Crippen MR) is 28.5 cm³/mol. The number of carbonyl (C=O) groups excluding carboxylic acids is 1. The largest absolute Gasteiger partial charge is 0.464 e. The molecule has 10 heavy (non-hydrogen) atoms. The van der Waals surface area contributed by atoms with Gasteiger partial charge in [-0.3, -0.25) is 0 Å². The van der Waals surface area contributed by atoms with Crippen molar-refractivity contribution in [2.75, 3.05) is 13.2 Å². The van der Waals surface area contributed by atoms with Crippen molar-refractivity contribution in [1.29, 1.82) is 0 Å². The quantitative estimate of drug-likeness (QED) is 0.401. The van der Waals surface area contributed by atoms with Crippen LogP contribution in [0, 0.1) is 0 Å². The lowest BCUT2D eigenvalue weighted by molar-refractivity contribution is -0.458. The number of esters is 1. The molecule has 58 valence electrons. The SMILES string of the molecule is CCOC(=O)C1COOO1. The van der Waals surface area contributed by atoms with E-state index in [1.807, 2.05) is 0 Å². The summed E-state index contributed by atoms with van der Waals surface area (Å²) in [6, 6.07) is 0. The van der Waals surface area contributed by atoms with Gasteiger partial charge in [0.15, 0.2) is 0 Å². The summed E-state index contributed by atoms with van der Waals surface area (Å²) in [6.45, 7) is 2.14. The van der Waals surface area contributed by atoms with Crippen molar-refractivity contribution in [3.8, 4) is 0 Å². The van der Waals surface area contributed by atoms with E-state index in [0.29, 0.717) is 6.61 Å². The van der Waals surface area contributed by atoms with E-state index in [2.05, 4.69) is 19.6 Å². The van der Waals surface area contributed by atoms with Gasteiger partial charge in [0.25, 0.3) is 0 Å². The van der Waals surface area contributed by atoms with Crippen molar-refractivity contribution >= 4 is 5.97 Å². The van der Waals surface area contributed by atoms with Gasteiger partial charge in [-0.2, -0.15) is 4.89 Å². The first-order chi connectivity index (χ1) is 4.84. The van der Waals surface area contributed by atoms with E-state index >= 15 is 0 Å².